The van der Waals surface area contributed by atoms with Gasteiger partial charge in [0.15, 0.2) is 0 Å². The zero-order chi connectivity index (χ0) is 11.1. The van der Waals surface area contributed by atoms with E-state index in [1.807, 2.05) is 0 Å². The van der Waals surface area contributed by atoms with Crippen LogP contribution in [0.1, 0.15) is 15.9 Å². The molecule has 3 N–H and O–H groups in total. The van der Waals surface area contributed by atoms with Gasteiger partial charge in [0.25, 0.3) is 0 Å². The SMILES string of the molecule is Nc1sc(Cl)c(C(F)(F)F)c1C(=O)O. The lowest BCUT2D eigenvalue weighted by molar-refractivity contribution is -0.137. The Labute approximate surface area is 84.9 Å². The fourth-order valence-electron chi connectivity index (χ4n) is 0.886. The number of anilines is 1. The Bertz CT molecular complexity index is 387. The maximum absolute atomic E-state index is 12.3. The first-order chi connectivity index (χ1) is 6.25. The summed E-state index contributed by atoms with van der Waals surface area (Å²) < 4.78 is 36.2. The van der Waals surface area contributed by atoms with Crippen LogP contribution in [0.25, 0.3) is 0 Å². The summed E-state index contributed by atoms with van der Waals surface area (Å²) in [7, 11) is 0. The lowest BCUT2D eigenvalue weighted by atomic mass is 10.2. The molecule has 0 fully saturated rings. The zero-order valence-corrected chi connectivity index (χ0v) is 7.93. The highest BCUT2D eigenvalue weighted by Gasteiger charge is 2.41. The number of halogens is 4. The molecular formula is C6H3ClF3NO2S. The van der Waals surface area contributed by atoms with E-state index in [-0.39, 0.29) is 0 Å². The van der Waals surface area contributed by atoms with Crippen LogP contribution in [-0.4, -0.2) is 11.1 Å². The molecule has 0 aliphatic carbocycles. The molecule has 0 aromatic carbocycles. The molecule has 0 unspecified atom stereocenters. The molecule has 0 saturated carbocycles. The Balaban J connectivity index is 3.48. The molecule has 0 atom stereocenters. The summed E-state index contributed by atoms with van der Waals surface area (Å²) in [5.74, 6) is -1.74. The van der Waals surface area contributed by atoms with Crippen molar-refractivity contribution in [1.29, 1.82) is 0 Å². The smallest absolute Gasteiger partial charge is 0.419 e. The number of nitrogen functional groups attached to an aromatic ring is 1. The molecule has 3 nitrogen and oxygen atoms in total. The van der Waals surface area contributed by atoms with Crippen LogP contribution in [-0.2, 0) is 6.18 Å². The molecule has 1 aromatic heterocycles. The summed E-state index contributed by atoms with van der Waals surface area (Å²) in [5, 5.41) is 8.04. The maximum atomic E-state index is 12.3. The molecule has 1 rings (SSSR count). The van der Waals surface area contributed by atoms with E-state index in [9.17, 15) is 18.0 Å². The standard InChI is InChI=1S/C6H3ClF3NO2S/c7-3-2(6(8,9)10)1(5(12)13)4(11)14-3/h11H2,(H,12,13). The summed E-state index contributed by atoms with van der Waals surface area (Å²) in [4.78, 5) is 10.5. The molecule has 0 spiro atoms. The van der Waals surface area contributed by atoms with Gasteiger partial charge < -0.3 is 10.8 Å². The molecule has 8 heteroatoms. The lowest BCUT2D eigenvalue weighted by Gasteiger charge is -2.06. The van der Waals surface area contributed by atoms with Crippen molar-refractivity contribution < 1.29 is 23.1 Å². The van der Waals surface area contributed by atoms with Crippen LogP contribution in [0.4, 0.5) is 18.2 Å². The quantitative estimate of drug-likeness (QED) is 0.800. The fraction of sp³-hybridized carbons (Fsp3) is 0.167. The molecule has 0 bridgehead atoms. The van der Waals surface area contributed by atoms with Crippen LogP contribution < -0.4 is 5.73 Å². The average Bonchev–Trinajstić information content (AvgIpc) is 2.23. The van der Waals surface area contributed by atoms with Crippen molar-refractivity contribution in [1.82, 2.24) is 0 Å². The molecule has 78 valence electrons. The minimum atomic E-state index is -4.81. The van der Waals surface area contributed by atoms with Crippen LogP contribution in [0.5, 0.6) is 0 Å². The van der Waals surface area contributed by atoms with Crippen molar-refractivity contribution in [2.45, 2.75) is 6.18 Å². The highest BCUT2D eigenvalue weighted by Crippen LogP contribution is 2.44. The zero-order valence-electron chi connectivity index (χ0n) is 6.35. The highest BCUT2D eigenvalue weighted by atomic mass is 35.5. The van der Waals surface area contributed by atoms with Crippen LogP contribution in [0.2, 0.25) is 4.34 Å². The van der Waals surface area contributed by atoms with E-state index in [2.05, 4.69) is 0 Å². The normalized spacial score (nSPS) is 11.7. The monoisotopic (exact) mass is 245 g/mol. The number of carboxylic acid groups (broad SMARTS) is 1. The largest absolute Gasteiger partial charge is 0.478 e. The first-order valence-electron chi connectivity index (χ1n) is 3.13. The van der Waals surface area contributed by atoms with E-state index >= 15 is 0 Å². The molecule has 0 amide bonds. The predicted molar refractivity (Wildman–Crippen MR) is 45.7 cm³/mol. The second-order valence-corrected chi connectivity index (χ2v) is 3.95. The highest BCUT2D eigenvalue weighted by molar-refractivity contribution is 7.20. The van der Waals surface area contributed by atoms with Crippen molar-refractivity contribution in [2.75, 3.05) is 5.73 Å². The van der Waals surface area contributed by atoms with Gasteiger partial charge in [-0.05, 0) is 0 Å². The van der Waals surface area contributed by atoms with Crippen molar-refractivity contribution in [3.8, 4) is 0 Å². The molecule has 0 radical (unpaired) electrons. The van der Waals surface area contributed by atoms with Gasteiger partial charge in [-0.3, -0.25) is 0 Å². The van der Waals surface area contributed by atoms with Gasteiger partial charge in [0.2, 0.25) is 0 Å². The van der Waals surface area contributed by atoms with E-state index < -0.39 is 32.6 Å². The number of alkyl halides is 3. The van der Waals surface area contributed by atoms with Gasteiger partial charge in [0, 0.05) is 0 Å². The molecule has 0 saturated heterocycles. The van der Waals surface area contributed by atoms with Crippen molar-refractivity contribution in [2.24, 2.45) is 0 Å². The van der Waals surface area contributed by atoms with Gasteiger partial charge >= 0.3 is 12.1 Å². The molecule has 0 aliphatic heterocycles. The van der Waals surface area contributed by atoms with Gasteiger partial charge in [-0.2, -0.15) is 13.2 Å². The molecular weight excluding hydrogens is 243 g/mol. The van der Waals surface area contributed by atoms with Crippen LogP contribution >= 0.6 is 22.9 Å². The Morgan fingerprint density at radius 1 is 1.50 bits per heavy atom. The summed E-state index contributed by atoms with van der Waals surface area (Å²) in [6.45, 7) is 0. The van der Waals surface area contributed by atoms with Crippen molar-refractivity contribution in [3.63, 3.8) is 0 Å². The number of rotatable bonds is 1. The number of aromatic carboxylic acids is 1. The van der Waals surface area contributed by atoms with Gasteiger partial charge in [0.1, 0.15) is 20.5 Å². The van der Waals surface area contributed by atoms with Gasteiger partial charge in [0.05, 0.1) is 0 Å². The molecule has 0 aliphatic rings. The number of thiophene rings is 1. The van der Waals surface area contributed by atoms with Crippen molar-refractivity contribution in [3.05, 3.63) is 15.5 Å². The summed E-state index contributed by atoms with van der Waals surface area (Å²) in [6, 6.07) is 0. The van der Waals surface area contributed by atoms with E-state index in [1.165, 1.54) is 0 Å². The third-order valence-electron chi connectivity index (χ3n) is 1.39. The number of carbonyl (C=O) groups is 1. The molecule has 1 heterocycles. The summed E-state index contributed by atoms with van der Waals surface area (Å²) >= 11 is 5.63. The van der Waals surface area contributed by atoms with E-state index in [0.717, 1.165) is 0 Å². The van der Waals surface area contributed by atoms with Crippen LogP contribution in [0.15, 0.2) is 0 Å². The lowest BCUT2D eigenvalue weighted by Crippen LogP contribution is -2.12. The average molecular weight is 246 g/mol. The summed E-state index contributed by atoms with van der Waals surface area (Å²) in [6.07, 6.45) is -4.81. The summed E-state index contributed by atoms with van der Waals surface area (Å²) in [5.41, 5.74) is 2.73. The second-order valence-electron chi connectivity index (χ2n) is 2.29. The Hall–Kier alpha value is -0.950. The van der Waals surface area contributed by atoms with E-state index in [0.29, 0.717) is 11.3 Å². The second kappa shape index (κ2) is 3.32. The van der Waals surface area contributed by atoms with Crippen LogP contribution in [0, 0.1) is 0 Å². The minimum absolute atomic E-state index is 0.393. The number of hydrogen-bond acceptors (Lipinski definition) is 3. The maximum Gasteiger partial charge on any atom is 0.419 e. The Kier molecular flexibility index (Phi) is 2.64. The Morgan fingerprint density at radius 2 is 2.00 bits per heavy atom. The Morgan fingerprint density at radius 3 is 2.29 bits per heavy atom. The van der Waals surface area contributed by atoms with Crippen molar-refractivity contribution >= 4 is 33.9 Å². The topological polar surface area (TPSA) is 63.3 Å². The first kappa shape index (κ1) is 11.1. The number of carboxylic acids is 1. The van der Waals surface area contributed by atoms with E-state index in [4.69, 9.17) is 22.4 Å². The molecule has 14 heavy (non-hydrogen) atoms. The fourth-order valence-corrected chi connectivity index (χ4v) is 2.14. The van der Waals surface area contributed by atoms with Gasteiger partial charge in [-0.25, -0.2) is 4.79 Å². The molecule has 1 aromatic rings. The number of nitrogens with two attached hydrogens (primary N) is 1. The number of hydrogen-bond donors (Lipinski definition) is 2. The predicted octanol–water partition coefficient (Wildman–Crippen LogP) is 2.70. The van der Waals surface area contributed by atoms with Gasteiger partial charge in [-0.1, -0.05) is 11.6 Å². The third kappa shape index (κ3) is 1.78. The minimum Gasteiger partial charge on any atom is -0.478 e. The third-order valence-corrected chi connectivity index (χ3v) is 2.62. The van der Waals surface area contributed by atoms with Gasteiger partial charge in [-0.15, -0.1) is 11.3 Å². The van der Waals surface area contributed by atoms with Crippen LogP contribution in [0.3, 0.4) is 0 Å². The van der Waals surface area contributed by atoms with E-state index in [1.54, 1.807) is 0 Å². The first-order valence-corrected chi connectivity index (χ1v) is 4.33.